The van der Waals surface area contributed by atoms with E-state index in [-0.39, 0.29) is 5.91 Å². The molecular formula is C9H11NO2S. The molecule has 0 fully saturated rings. The van der Waals surface area contributed by atoms with E-state index in [0.29, 0.717) is 5.56 Å². The Kier molecular flexibility index (Phi) is 3.33. The van der Waals surface area contributed by atoms with Gasteiger partial charge in [-0.15, -0.1) is 12.6 Å². The maximum absolute atomic E-state index is 11.5. The average molecular weight is 197 g/mol. The molecule has 0 aliphatic carbocycles. The maximum atomic E-state index is 11.5. The molecule has 0 N–H and O–H groups in total. The predicted molar refractivity (Wildman–Crippen MR) is 52.8 cm³/mol. The van der Waals surface area contributed by atoms with Crippen molar-refractivity contribution in [2.24, 2.45) is 0 Å². The van der Waals surface area contributed by atoms with Crippen molar-refractivity contribution in [1.29, 1.82) is 0 Å². The lowest BCUT2D eigenvalue weighted by Gasteiger charge is -2.13. The summed E-state index contributed by atoms with van der Waals surface area (Å²) in [5.74, 6) is -0.171. The van der Waals surface area contributed by atoms with E-state index in [1.54, 1.807) is 31.3 Å². The van der Waals surface area contributed by atoms with Crippen LogP contribution in [-0.4, -0.2) is 25.1 Å². The first-order valence-electron chi connectivity index (χ1n) is 3.76. The first-order chi connectivity index (χ1) is 6.15. The molecule has 1 amide bonds. The van der Waals surface area contributed by atoms with Crippen LogP contribution >= 0.6 is 12.6 Å². The van der Waals surface area contributed by atoms with Crippen LogP contribution in [0.15, 0.2) is 29.2 Å². The summed E-state index contributed by atoms with van der Waals surface area (Å²) in [6, 6.07) is 6.94. The standard InChI is InChI=1S/C9H11NO2S/c1-10(12-2)9(11)7-3-5-8(13)6-4-7/h3-6,13H,1-2H3. The Labute approximate surface area is 82.7 Å². The molecule has 0 unspecified atom stereocenters. The molecule has 13 heavy (non-hydrogen) atoms. The van der Waals surface area contributed by atoms with Crippen LogP contribution in [0.5, 0.6) is 0 Å². The summed E-state index contributed by atoms with van der Waals surface area (Å²) in [5, 5.41) is 1.17. The van der Waals surface area contributed by atoms with Gasteiger partial charge in [0.05, 0.1) is 7.11 Å². The van der Waals surface area contributed by atoms with Crippen LogP contribution in [0.4, 0.5) is 0 Å². The van der Waals surface area contributed by atoms with Gasteiger partial charge in [0.15, 0.2) is 0 Å². The molecule has 0 saturated carbocycles. The summed E-state index contributed by atoms with van der Waals surface area (Å²) in [5.41, 5.74) is 0.585. The van der Waals surface area contributed by atoms with Gasteiger partial charge in [-0.25, -0.2) is 5.06 Å². The van der Waals surface area contributed by atoms with Crippen LogP contribution in [0.3, 0.4) is 0 Å². The zero-order valence-electron chi connectivity index (χ0n) is 7.52. The van der Waals surface area contributed by atoms with Crippen molar-refractivity contribution in [3.63, 3.8) is 0 Å². The Morgan fingerprint density at radius 2 is 1.92 bits per heavy atom. The molecule has 0 aliphatic heterocycles. The number of carbonyl (C=O) groups is 1. The van der Waals surface area contributed by atoms with Gasteiger partial charge in [0.25, 0.3) is 5.91 Å². The summed E-state index contributed by atoms with van der Waals surface area (Å²) >= 11 is 4.12. The van der Waals surface area contributed by atoms with E-state index >= 15 is 0 Å². The molecule has 0 aliphatic rings. The number of nitrogens with zero attached hydrogens (tertiary/aromatic N) is 1. The van der Waals surface area contributed by atoms with Crippen molar-refractivity contribution < 1.29 is 9.63 Å². The minimum atomic E-state index is -0.171. The van der Waals surface area contributed by atoms with Crippen LogP contribution < -0.4 is 0 Å². The number of carbonyl (C=O) groups excluding carboxylic acids is 1. The van der Waals surface area contributed by atoms with Crippen LogP contribution in [-0.2, 0) is 4.84 Å². The Balaban J connectivity index is 2.83. The van der Waals surface area contributed by atoms with Crippen molar-refractivity contribution in [3.05, 3.63) is 29.8 Å². The highest BCUT2D eigenvalue weighted by Gasteiger charge is 2.09. The molecule has 4 heteroatoms. The fraction of sp³-hybridized carbons (Fsp3) is 0.222. The second-order valence-corrected chi connectivity index (χ2v) is 3.05. The van der Waals surface area contributed by atoms with Crippen molar-refractivity contribution >= 4 is 18.5 Å². The molecule has 3 nitrogen and oxygen atoms in total. The van der Waals surface area contributed by atoms with Gasteiger partial charge in [-0.2, -0.15) is 0 Å². The zero-order chi connectivity index (χ0) is 9.84. The Morgan fingerprint density at radius 1 is 1.38 bits per heavy atom. The smallest absolute Gasteiger partial charge is 0.274 e. The summed E-state index contributed by atoms with van der Waals surface area (Å²) in [4.78, 5) is 17.1. The third-order valence-electron chi connectivity index (χ3n) is 1.67. The summed E-state index contributed by atoms with van der Waals surface area (Å²) in [6.07, 6.45) is 0. The molecule has 0 radical (unpaired) electrons. The minimum Gasteiger partial charge on any atom is -0.274 e. The van der Waals surface area contributed by atoms with E-state index in [9.17, 15) is 4.79 Å². The number of thiol groups is 1. The van der Waals surface area contributed by atoms with Gasteiger partial charge in [0.1, 0.15) is 0 Å². The minimum absolute atomic E-state index is 0.171. The zero-order valence-corrected chi connectivity index (χ0v) is 8.41. The third-order valence-corrected chi connectivity index (χ3v) is 1.97. The van der Waals surface area contributed by atoms with Crippen molar-refractivity contribution in [2.45, 2.75) is 4.90 Å². The predicted octanol–water partition coefficient (Wildman–Crippen LogP) is 1.61. The fourth-order valence-corrected chi connectivity index (χ4v) is 1.02. The monoisotopic (exact) mass is 197 g/mol. The van der Waals surface area contributed by atoms with Crippen molar-refractivity contribution in [2.75, 3.05) is 14.2 Å². The first-order valence-corrected chi connectivity index (χ1v) is 4.21. The normalized spacial score (nSPS) is 9.77. The Morgan fingerprint density at radius 3 is 2.38 bits per heavy atom. The number of hydrogen-bond acceptors (Lipinski definition) is 3. The number of amides is 1. The van der Waals surface area contributed by atoms with Crippen molar-refractivity contribution in [1.82, 2.24) is 5.06 Å². The van der Waals surface area contributed by atoms with Gasteiger partial charge in [0.2, 0.25) is 0 Å². The highest BCUT2D eigenvalue weighted by atomic mass is 32.1. The molecule has 1 aromatic rings. The van der Waals surface area contributed by atoms with E-state index in [0.717, 1.165) is 4.90 Å². The summed E-state index contributed by atoms with van der Waals surface area (Å²) < 4.78 is 0. The lowest BCUT2D eigenvalue weighted by Crippen LogP contribution is -2.25. The summed E-state index contributed by atoms with van der Waals surface area (Å²) in [6.45, 7) is 0. The van der Waals surface area contributed by atoms with Crippen LogP contribution in [0.1, 0.15) is 10.4 Å². The Hall–Kier alpha value is -1.00. The van der Waals surface area contributed by atoms with Crippen LogP contribution in [0.25, 0.3) is 0 Å². The lowest BCUT2D eigenvalue weighted by atomic mass is 10.2. The van der Waals surface area contributed by atoms with Crippen LogP contribution in [0.2, 0.25) is 0 Å². The summed E-state index contributed by atoms with van der Waals surface area (Å²) in [7, 11) is 3.02. The molecule has 0 saturated heterocycles. The molecule has 1 aromatic carbocycles. The van der Waals surface area contributed by atoms with E-state index in [1.165, 1.54) is 12.2 Å². The average Bonchev–Trinajstić information content (AvgIpc) is 2.17. The van der Waals surface area contributed by atoms with E-state index in [2.05, 4.69) is 12.6 Å². The molecule has 0 atom stereocenters. The quantitative estimate of drug-likeness (QED) is 0.576. The van der Waals surface area contributed by atoms with Gasteiger partial charge in [-0.3, -0.25) is 9.63 Å². The van der Waals surface area contributed by atoms with E-state index in [4.69, 9.17) is 4.84 Å². The molecule has 0 aromatic heterocycles. The second kappa shape index (κ2) is 4.30. The van der Waals surface area contributed by atoms with E-state index < -0.39 is 0 Å². The number of rotatable bonds is 2. The highest BCUT2D eigenvalue weighted by molar-refractivity contribution is 7.80. The molecular weight excluding hydrogens is 186 g/mol. The largest absolute Gasteiger partial charge is 0.277 e. The first kappa shape index (κ1) is 10.1. The van der Waals surface area contributed by atoms with Gasteiger partial charge in [-0.1, -0.05) is 0 Å². The van der Waals surface area contributed by atoms with E-state index in [1.807, 2.05) is 0 Å². The maximum Gasteiger partial charge on any atom is 0.277 e. The highest BCUT2D eigenvalue weighted by Crippen LogP contribution is 2.09. The number of benzene rings is 1. The Bertz CT molecular complexity index is 297. The molecule has 0 bridgehead atoms. The number of hydrogen-bond donors (Lipinski definition) is 1. The van der Waals surface area contributed by atoms with Crippen molar-refractivity contribution in [3.8, 4) is 0 Å². The van der Waals surface area contributed by atoms with Gasteiger partial charge in [-0.05, 0) is 24.3 Å². The SMILES string of the molecule is CON(C)C(=O)c1ccc(S)cc1. The third kappa shape index (κ3) is 2.47. The van der Waals surface area contributed by atoms with Gasteiger partial charge >= 0.3 is 0 Å². The number of hydroxylamine groups is 2. The second-order valence-electron chi connectivity index (χ2n) is 2.53. The van der Waals surface area contributed by atoms with Crippen LogP contribution in [0, 0.1) is 0 Å². The van der Waals surface area contributed by atoms with Gasteiger partial charge in [0, 0.05) is 17.5 Å². The lowest BCUT2D eigenvalue weighted by molar-refractivity contribution is -0.0757. The topological polar surface area (TPSA) is 29.5 Å². The molecule has 0 spiro atoms. The fourth-order valence-electron chi connectivity index (χ4n) is 0.869. The molecule has 70 valence electrons. The van der Waals surface area contributed by atoms with Gasteiger partial charge < -0.3 is 0 Å². The molecule has 1 rings (SSSR count). The molecule has 0 heterocycles.